The van der Waals surface area contributed by atoms with E-state index in [1.165, 1.54) is 47.8 Å². The van der Waals surface area contributed by atoms with Crippen molar-refractivity contribution in [1.29, 1.82) is 0 Å². The first-order valence-electron chi connectivity index (χ1n) is 44.7. The van der Waals surface area contributed by atoms with Crippen molar-refractivity contribution in [3.8, 4) is 23.0 Å². The minimum absolute atomic E-state index is 0.0452. The van der Waals surface area contributed by atoms with E-state index in [4.69, 9.17) is 59.3 Å². The SMILES string of the molecule is Brc1ccc(I)cc1Cc1ccc2c(c1)CCCO2.CC[C@H]1OC(=O)[C@H](OCc2ccccc2)[C@@H](C)[C@@H]1OCc1ccccc1.CC[C@H]1OC(O)(c2ccc(Br)c(Cc3ccc4c(c3)CCCO4)c2)[C@H](OCc2ccccc2)[C@@H](C)[C@@H]1C.O=C(Cl)c1cc(I)ccc1Br.O=C(O)c1cc(I)ccc1Br.O=C(c1ccc2c(c1)CCCO2)c1cc(I)ccc1Br.c1ccc2c(c1)CCCO2. The lowest BCUT2D eigenvalue weighted by Crippen LogP contribution is -2.57. The Hall–Kier alpha value is -6.47. The van der Waals surface area contributed by atoms with Gasteiger partial charge < -0.3 is 52.8 Å². The zero-order valence-electron chi connectivity index (χ0n) is 74.9. The molecule has 2 saturated heterocycles. The normalized spacial score (nSPS) is 19.3. The van der Waals surface area contributed by atoms with Crippen LogP contribution in [-0.2, 0) is 92.6 Å². The van der Waals surface area contributed by atoms with Gasteiger partial charge in [0.1, 0.15) is 41.3 Å². The molecule has 702 valence electrons. The predicted molar refractivity (Wildman–Crippen MR) is 581 cm³/mol. The maximum absolute atomic E-state index is 12.6. The van der Waals surface area contributed by atoms with Gasteiger partial charge in [0.2, 0.25) is 5.79 Å². The largest absolute Gasteiger partial charge is 0.493 e. The van der Waals surface area contributed by atoms with Crippen LogP contribution in [0.25, 0.3) is 0 Å². The van der Waals surface area contributed by atoms with Gasteiger partial charge in [-0.15, -0.1) is 0 Å². The van der Waals surface area contributed by atoms with Crippen LogP contribution < -0.4 is 18.9 Å². The third kappa shape index (κ3) is 30.5. The van der Waals surface area contributed by atoms with Gasteiger partial charge >= 0.3 is 11.9 Å². The van der Waals surface area contributed by atoms with Crippen LogP contribution in [0.1, 0.15) is 177 Å². The molecule has 6 aliphatic heterocycles. The summed E-state index contributed by atoms with van der Waals surface area (Å²) in [4.78, 5) is 46.3. The van der Waals surface area contributed by atoms with E-state index >= 15 is 0 Å². The molecule has 0 aliphatic carbocycles. The number of para-hydroxylation sites is 1. The second-order valence-electron chi connectivity index (χ2n) is 33.2. The summed E-state index contributed by atoms with van der Waals surface area (Å²) in [6.45, 7) is 15.1. The summed E-state index contributed by atoms with van der Waals surface area (Å²) in [5.74, 6) is 1.66. The molecule has 12 aromatic carbocycles. The van der Waals surface area contributed by atoms with Crippen molar-refractivity contribution in [2.24, 2.45) is 17.8 Å². The van der Waals surface area contributed by atoms with Gasteiger partial charge in [0.25, 0.3) is 5.24 Å². The predicted octanol–water partition coefficient (Wildman–Crippen LogP) is 29.1. The highest BCUT2D eigenvalue weighted by molar-refractivity contribution is 14.1. The number of carbonyl (C=O) groups excluding carboxylic acids is 3. The summed E-state index contributed by atoms with van der Waals surface area (Å²) < 4.78 is 61.8. The van der Waals surface area contributed by atoms with Crippen LogP contribution in [-0.4, -0.2) is 90.1 Å². The van der Waals surface area contributed by atoms with Crippen molar-refractivity contribution in [3.05, 3.63) is 387 Å². The number of benzene rings is 12. The average Bonchev–Trinajstić information content (AvgIpc) is 0.746. The van der Waals surface area contributed by atoms with E-state index in [0.29, 0.717) is 41.0 Å². The van der Waals surface area contributed by atoms with Gasteiger partial charge in [-0.05, 0) is 405 Å². The average molecular weight is 2600 g/mol. The molecule has 0 radical (unpaired) electrons. The molecule has 0 spiro atoms. The summed E-state index contributed by atoms with van der Waals surface area (Å²) in [6.07, 6.45) is 10.4. The quantitative estimate of drug-likeness (QED) is 0.0317. The highest BCUT2D eigenvalue weighted by Gasteiger charge is 2.53. The highest BCUT2D eigenvalue weighted by Crippen LogP contribution is 2.46. The molecule has 2 N–H and O–H groups in total. The van der Waals surface area contributed by atoms with E-state index < -0.39 is 29.2 Å². The molecule has 134 heavy (non-hydrogen) atoms. The number of cyclic esters (lactones) is 1. The van der Waals surface area contributed by atoms with E-state index in [0.717, 1.165) is 183 Å². The fourth-order valence-corrected chi connectivity index (χ4v) is 20.8. The Morgan fingerprint density at radius 1 is 0.418 bits per heavy atom. The number of halogens is 10. The number of aryl methyl sites for hydroxylation is 4. The van der Waals surface area contributed by atoms with Gasteiger partial charge in [-0.25, -0.2) is 9.59 Å². The first-order chi connectivity index (χ1) is 64.6. The number of esters is 1. The Morgan fingerprint density at radius 3 is 1.31 bits per heavy atom. The zero-order valence-corrected chi connectivity index (χ0v) is 92.2. The minimum Gasteiger partial charge on any atom is -0.493 e. The molecular weight excluding hydrogens is 2490 g/mol. The summed E-state index contributed by atoms with van der Waals surface area (Å²) >= 11 is 31.3. The Labute approximate surface area is 888 Å². The molecule has 0 aromatic heterocycles. The fourth-order valence-electron chi connectivity index (χ4n) is 16.5. The molecule has 0 bridgehead atoms. The number of aromatic carboxylic acids is 1. The molecule has 0 saturated carbocycles. The van der Waals surface area contributed by atoms with Crippen molar-refractivity contribution < 1.29 is 72.0 Å². The number of aliphatic hydroxyl groups is 1. The molecule has 6 aliphatic rings. The van der Waals surface area contributed by atoms with E-state index in [9.17, 15) is 24.3 Å². The number of rotatable bonds is 20. The van der Waals surface area contributed by atoms with Crippen LogP contribution in [0.5, 0.6) is 23.0 Å². The maximum atomic E-state index is 12.6. The van der Waals surface area contributed by atoms with Gasteiger partial charge in [0, 0.05) is 64.8 Å². The number of hydrogen-bond acceptors (Lipinski definition) is 14. The number of hydrogen-bond donors (Lipinski definition) is 2. The van der Waals surface area contributed by atoms with Crippen LogP contribution in [0.3, 0.4) is 0 Å². The fraction of sp³-hybridized carbons (Fsp3) is 0.303. The minimum atomic E-state index is -1.54. The maximum Gasteiger partial charge on any atom is 0.336 e. The van der Waals surface area contributed by atoms with E-state index in [2.05, 4.69) is 264 Å². The standard InChI is InChI=1S/C32H37BrO4.C22H26O4.C16H12BrIO2.C16H14BrIO.C9H10O.C7H3BrClIO.C7H4BrIO2/c1-4-29-21(2)22(3)31(36-20-23-9-6-5-7-10-23)32(34,37-29)27-13-14-28(33)26(19-27)18-24-12-15-30-25(17-24)11-8-16-35-30;1-3-19-20(24-14-17-10-6-4-7-11-17)16(2)21(22(23)26-19)25-15-18-12-8-5-9-13-18;17-14-5-4-12(18)9-13(14)16(19)11-3-6-15-10(8-11)2-1-7-20-15;17-15-5-4-14(18)10-13(15)9-11-3-6-16-12(8-11)2-1-7-19-16;1-2-6-9-8(4-1)5-3-7-10-9;8-6-2-1-4(10)3-5(6)7(9)11;8-6-2-1-4(9)3-5(6)7(10)11/h5-7,9-10,12-15,17,19,21-22,29,31,34H,4,8,11,16,18,20H2,1-3H3;4-13,16,19-21H,3,14-15H2,1-2H3;3-6,8-9H,1-2,7H2;3-6,8,10H,1-2,7,9H2;1-2,4,6H,3,5,7H2;1-3H;1-3H,(H,10,11)/t21-,22-,29+,31+,32?;16-,19+,20-,21+;;;;;/m00...../s1. The topological polar surface area (TPSA) is 192 Å². The Balaban J connectivity index is 0.000000148. The molecular formula is C109H106Br5ClI4O15. The van der Waals surface area contributed by atoms with Gasteiger partial charge in [-0.3, -0.25) is 9.59 Å². The van der Waals surface area contributed by atoms with Crippen molar-refractivity contribution in [2.75, 3.05) is 26.4 Å². The van der Waals surface area contributed by atoms with Gasteiger partial charge in [0.05, 0.1) is 57.9 Å². The summed E-state index contributed by atoms with van der Waals surface area (Å²) in [6, 6.07) is 86.0. The third-order valence-corrected chi connectivity index (χ3v) is 30.3. The Morgan fingerprint density at radius 2 is 0.828 bits per heavy atom. The highest BCUT2D eigenvalue weighted by atomic mass is 127. The van der Waals surface area contributed by atoms with Crippen LogP contribution in [0.2, 0.25) is 0 Å². The van der Waals surface area contributed by atoms with E-state index in [1.54, 1.807) is 24.3 Å². The van der Waals surface area contributed by atoms with Gasteiger partial charge in [0.15, 0.2) is 11.9 Å². The van der Waals surface area contributed by atoms with Crippen LogP contribution in [0.15, 0.2) is 283 Å². The molecule has 2 fully saturated rings. The van der Waals surface area contributed by atoms with Crippen molar-refractivity contribution in [2.45, 2.75) is 168 Å². The van der Waals surface area contributed by atoms with Crippen molar-refractivity contribution >= 4 is 205 Å². The molecule has 18 rings (SSSR count). The lowest BCUT2D eigenvalue weighted by Gasteiger charge is -2.49. The van der Waals surface area contributed by atoms with E-state index in [-0.39, 0.29) is 47.8 Å². The first-order valence-corrected chi connectivity index (χ1v) is 53.4. The van der Waals surface area contributed by atoms with Crippen molar-refractivity contribution in [3.63, 3.8) is 0 Å². The Kier molecular flexibility index (Phi) is 42.3. The smallest absolute Gasteiger partial charge is 0.336 e. The number of ketones is 1. The molecule has 15 nitrogen and oxygen atoms in total. The van der Waals surface area contributed by atoms with E-state index in [1.807, 2.05) is 178 Å². The second-order valence-corrected chi connectivity index (χ2v) is 42.8. The number of carbonyl (C=O) groups is 4. The van der Waals surface area contributed by atoms with Crippen LogP contribution in [0.4, 0.5) is 0 Å². The summed E-state index contributed by atoms with van der Waals surface area (Å²) in [5.41, 5.74) is 16.3. The van der Waals surface area contributed by atoms with Crippen LogP contribution >= 0.6 is 182 Å². The molecule has 12 aromatic rings. The lowest BCUT2D eigenvalue weighted by molar-refractivity contribution is -0.346. The second kappa shape index (κ2) is 53.2. The van der Waals surface area contributed by atoms with Gasteiger partial charge in [-0.1, -0.05) is 222 Å². The molecule has 0 amide bonds. The lowest BCUT2D eigenvalue weighted by atomic mass is 9.77. The first kappa shape index (κ1) is 106. The summed E-state index contributed by atoms with van der Waals surface area (Å²) in [5, 5.41) is 20.5. The number of fused-ring (bicyclic) bond motifs is 4. The zero-order chi connectivity index (χ0) is 95.4. The molecule has 9 atom stereocenters. The number of carboxylic acid groups (broad SMARTS) is 1. The molecule has 6 heterocycles. The van der Waals surface area contributed by atoms with Crippen LogP contribution in [0, 0.1) is 32.0 Å². The molecule has 25 heteroatoms. The Bertz CT molecular complexity index is 5860. The number of ether oxygens (including phenoxy) is 9. The van der Waals surface area contributed by atoms with Crippen molar-refractivity contribution in [1.82, 2.24) is 0 Å². The number of carboxylic acids is 1. The van der Waals surface area contributed by atoms with Gasteiger partial charge in [-0.2, -0.15) is 0 Å². The third-order valence-electron chi connectivity index (χ3n) is 23.8. The summed E-state index contributed by atoms with van der Waals surface area (Å²) in [7, 11) is 0. The monoisotopic (exact) mass is 2590 g/mol. The molecule has 1 unspecified atom stereocenters.